The second-order valence-corrected chi connectivity index (χ2v) is 7.86. The van der Waals surface area contributed by atoms with E-state index < -0.39 is 0 Å². The van der Waals surface area contributed by atoms with Crippen LogP contribution in [0.25, 0.3) is 28.5 Å². The number of aromatic nitrogens is 5. The molecular formula is C19H16Cl2N6O2. The van der Waals surface area contributed by atoms with Gasteiger partial charge in [0.1, 0.15) is 11.2 Å². The highest BCUT2D eigenvalue weighted by Gasteiger charge is 2.22. The predicted octanol–water partition coefficient (Wildman–Crippen LogP) is 3.51. The van der Waals surface area contributed by atoms with Crippen molar-refractivity contribution in [2.45, 2.75) is 18.8 Å². The molecule has 4 aromatic rings. The summed E-state index contributed by atoms with van der Waals surface area (Å²) in [5.41, 5.74) is 2.43. The van der Waals surface area contributed by atoms with E-state index in [4.69, 9.17) is 27.7 Å². The van der Waals surface area contributed by atoms with E-state index in [0.29, 0.717) is 32.6 Å². The largest absolute Gasteiger partial charge is 0.333 e. The van der Waals surface area contributed by atoms with Gasteiger partial charge in [0.15, 0.2) is 0 Å². The van der Waals surface area contributed by atoms with Crippen LogP contribution in [0.4, 0.5) is 0 Å². The van der Waals surface area contributed by atoms with E-state index in [0.717, 1.165) is 31.6 Å². The first-order chi connectivity index (χ1) is 14.1. The number of rotatable bonds is 3. The Kier molecular flexibility index (Phi) is 4.61. The van der Waals surface area contributed by atoms with Gasteiger partial charge in [0.2, 0.25) is 5.82 Å². The van der Waals surface area contributed by atoms with Crippen molar-refractivity contribution >= 4 is 28.8 Å². The second kappa shape index (κ2) is 7.29. The van der Waals surface area contributed by atoms with Crippen LogP contribution >= 0.6 is 23.2 Å². The highest BCUT2D eigenvalue weighted by molar-refractivity contribution is 6.35. The minimum atomic E-state index is -0.186. The lowest BCUT2D eigenvalue weighted by molar-refractivity contribution is 0.432. The van der Waals surface area contributed by atoms with Gasteiger partial charge in [-0.15, -0.1) is 0 Å². The summed E-state index contributed by atoms with van der Waals surface area (Å²) in [7, 11) is 0. The molecule has 0 bridgehead atoms. The lowest BCUT2D eigenvalue weighted by atomic mass is 9.94. The van der Waals surface area contributed by atoms with E-state index in [9.17, 15) is 4.79 Å². The molecule has 1 saturated heterocycles. The van der Waals surface area contributed by atoms with Crippen molar-refractivity contribution in [2.75, 3.05) is 13.1 Å². The molecule has 0 atom stereocenters. The van der Waals surface area contributed by atoms with Crippen LogP contribution in [0.3, 0.4) is 0 Å². The molecule has 148 valence electrons. The van der Waals surface area contributed by atoms with Crippen molar-refractivity contribution in [3.63, 3.8) is 0 Å². The molecule has 1 aromatic carbocycles. The zero-order chi connectivity index (χ0) is 20.0. The average Bonchev–Trinajstić information content (AvgIpc) is 3.34. The fraction of sp³-hybridized carbons (Fsp3) is 0.263. The standard InChI is InChI=1S/C19H16Cl2N6O2/c20-12-5-11(6-13(21)7-12)17-25-19(29-26-17)14-9-23-27-15(8-16(28)24-18(14)27)10-1-3-22-4-2-10/h5-10,22H,1-4H2,(H,24,28). The third-order valence-electron chi connectivity index (χ3n) is 5.07. The van der Waals surface area contributed by atoms with Crippen molar-refractivity contribution in [3.8, 4) is 22.8 Å². The molecule has 5 rings (SSSR count). The zero-order valence-corrected chi connectivity index (χ0v) is 16.7. The normalized spacial score (nSPS) is 15.2. The molecule has 2 N–H and O–H groups in total. The number of piperidine rings is 1. The van der Waals surface area contributed by atoms with Crippen molar-refractivity contribution in [2.24, 2.45) is 0 Å². The Morgan fingerprint density at radius 3 is 2.62 bits per heavy atom. The first-order valence-electron chi connectivity index (χ1n) is 9.21. The van der Waals surface area contributed by atoms with Gasteiger partial charge in [-0.1, -0.05) is 28.4 Å². The molecule has 0 radical (unpaired) electrons. The Hall–Kier alpha value is -2.68. The molecule has 1 aliphatic rings. The van der Waals surface area contributed by atoms with Crippen molar-refractivity contribution in [3.05, 3.63) is 56.6 Å². The number of fused-ring (bicyclic) bond motifs is 1. The van der Waals surface area contributed by atoms with Crippen LogP contribution in [-0.4, -0.2) is 37.8 Å². The van der Waals surface area contributed by atoms with Gasteiger partial charge in [0.25, 0.3) is 11.4 Å². The van der Waals surface area contributed by atoms with Crippen molar-refractivity contribution in [1.82, 2.24) is 30.1 Å². The Bertz CT molecular complexity index is 1240. The topological polar surface area (TPSA) is 101 Å². The summed E-state index contributed by atoms with van der Waals surface area (Å²) in [6.45, 7) is 1.84. The molecule has 0 unspecified atom stereocenters. The molecule has 0 amide bonds. The molecule has 0 saturated carbocycles. The summed E-state index contributed by atoms with van der Waals surface area (Å²) < 4.78 is 7.20. The van der Waals surface area contributed by atoms with Crippen LogP contribution in [0.15, 0.2) is 39.8 Å². The summed E-state index contributed by atoms with van der Waals surface area (Å²) in [4.78, 5) is 19.6. The molecule has 1 fully saturated rings. The third kappa shape index (κ3) is 3.43. The Morgan fingerprint density at radius 1 is 1.10 bits per heavy atom. The maximum Gasteiger partial charge on any atom is 0.263 e. The molecule has 0 aliphatic carbocycles. The number of hydrogen-bond acceptors (Lipinski definition) is 6. The number of hydrogen-bond donors (Lipinski definition) is 2. The lowest BCUT2D eigenvalue weighted by Crippen LogP contribution is -2.28. The number of H-pyrrole nitrogens is 1. The van der Waals surface area contributed by atoms with Crippen LogP contribution < -0.4 is 10.9 Å². The second-order valence-electron chi connectivity index (χ2n) is 6.98. The Labute approximate surface area is 174 Å². The Morgan fingerprint density at radius 2 is 1.86 bits per heavy atom. The molecule has 0 spiro atoms. The van der Waals surface area contributed by atoms with Crippen LogP contribution in [-0.2, 0) is 0 Å². The monoisotopic (exact) mass is 430 g/mol. The maximum atomic E-state index is 12.3. The van der Waals surface area contributed by atoms with E-state index >= 15 is 0 Å². The van der Waals surface area contributed by atoms with E-state index in [2.05, 4.69) is 25.5 Å². The van der Waals surface area contributed by atoms with Crippen LogP contribution in [0.1, 0.15) is 24.5 Å². The highest BCUT2D eigenvalue weighted by Crippen LogP contribution is 2.30. The Balaban J connectivity index is 1.59. The van der Waals surface area contributed by atoms with Crippen LogP contribution in [0.5, 0.6) is 0 Å². The van der Waals surface area contributed by atoms with Gasteiger partial charge in [-0.25, -0.2) is 4.52 Å². The summed E-state index contributed by atoms with van der Waals surface area (Å²) in [6.07, 6.45) is 3.53. The number of nitrogens with one attached hydrogen (secondary N) is 2. The molecule has 4 heterocycles. The molecule has 1 aliphatic heterocycles. The van der Waals surface area contributed by atoms with Gasteiger partial charge in [-0.05, 0) is 44.1 Å². The fourth-order valence-corrected chi connectivity index (χ4v) is 4.24. The number of aromatic amines is 1. The first kappa shape index (κ1) is 18.4. The summed E-state index contributed by atoms with van der Waals surface area (Å²) >= 11 is 12.1. The van der Waals surface area contributed by atoms with E-state index in [1.165, 1.54) is 0 Å². The van der Waals surface area contributed by atoms with Gasteiger partial charge in [0.05, 0.1) is 11.9 Å². The molecule has 10 heteroatoms. The number of benzene rings is 1. The molecule has 3 aromatic heterocycles. The number of nitrogens with zero attached hydrogens (tertiary/aromatic N) is 4. The highest BCUT2D eigenvalue weighted by atomic mass is 35.5. The van der Waals surface area contributed by atoms with Gasteiger partial charge in [-0.2, -0.15) is 10.1 Å². The van der Waals surface area contributed by atoms with Crippen molar-refractivity contribution < 1.29 is 4.52 Å². The minimum Gasteiger partial charge on any atom is -0.333 e. The van der Waals surface area contributed by atoms with Crippen molar-refractivity contribution in [1.29, 1.82) is 0 Å². The van der Waals surface area contributed by atoms with Gasteiger partial charge in [-0.3, -0.25) is 4.79 Å². The van der Waals surface area contributed by atoms with E-state index in [1.54, 1.807) is 35.0 Å². The van der Waals surface area contributed by atoms with Gasteiger partial charge < -0.3 is 14.8 Å². The summed E-state index contributed by atoms with van der Waals surface area (Å²) in [5.74, 6) is 0.866. The smallest absolute Gasteiger partial charge is 0.263 e. The average molecular weight is 431 g/mol. The molecule has 29 heavy (non-hydrogen) atoms. The maximum absolute atomic E-state index is 12.3. The summed E-state index contributed by atoms with van der Waals surface area (Å²) in [6, 6.07) is 6.66. The molecular weight excluding hydrogens is 415 g/mol. The minimum absolute atomic E-state index is 0.186. The quantitative estimate of drug-likeness (QED) is 0.515. The summed E-state index contributed by atoms with van der Waals surface area (Å²) in [5, 5.41) is 12.8. The van der Waals surface area contributed by atoms with E-state index in [1.807, 2.05) is 0 Å². The lowest BCUT2D eigenvalue weighted by Gasteiger charge is -2.23. The molecule has 8 nitrogen and oxygen atoms in total. The fourth-order valence-electron chi connectivity index (χ4n) is 3.71. The predicted molar refractivity (Wildman–Crippen MR) is 109 cm³/mol. The van der Waals surface area contributed by atoms with E-state index in [-0.39, 0.29) is 17.4 Å². The van der Waals surface area contributed by atoms with Crippen LogP contribution in [0, 0.1) is 0 Å². The van der Waals surface area contributed by atoms with Gasteiger partial charge in [0, 0.05) is 27.6 Å². The van der Waals surface area contributed by atoms with Gasteiger partial charge >= 0.3 is 0 Å². The zero-order valence-electron chi connectivity index (χ0n) is 15.2. The first-order valence-corrected chi connectivity index (χ1v) is 9.96. The number of halogens is 2. The SMILES string of the molecule is O=c1cc(C2CCNCC2)n2ncc(-c3nc(-c4cc(Cl)cc(Cl)c4)no3)c2[nH]1. The van der Waals surface area contributed by atoms with Crippen LogP contribution in [0.2, 0.25) is 10.0 Å². The third-order valence-corrected chi connectivity index (χ3v) is 5.51.